The average molecular weight is 424 g/mol. The fourth-order valence-corrected chi connectivity index (χ4v) is 4.05. The molecule has 0 aliphatic carbocycles. The van der Waals surface area contributed by atoms with Crippen LogP contribution in [0.5, 0.6) is 0 Å². The molecule has 0 saturated carbocycles. The Kier molecular flexibility index (Phi) is 6.22. The van der Waals surface area contributed by atoms with E-state index >= 15 is 0 Å². The van der Waals surface area contributed by atoms with Crippen LogP contribution in [0.2, 0.25) is 0 Å². The molecule has 0 unspecified atom stereocenters. The SMILES string of the molecule is Cc1cccc(C(C)(C)CNC(=O)c2ccc(S(=O)(=O)Nc3ccncc3)cc2)c1. The third-order valence-corrected chi connectivity index (χ3v) is 6.25. The van der Waals surface area contributed by atoms with E-state index in [1.54, 1.807) is 12.1 Å². The number of rotatable bonds is 7. The Hall–Kier alpha value is -3.19. The zero-order chi connectivity index (χ0) is 21.8. The zero-order valence-corrected chi connectivity index (χ0v) is 18.0. The number of benzene rings is 2. The van der Waals surface area contributed by atoms with Gasteiger partial charge in [-0.25, -0.2) is 8.42 Å². The number of amides is 1. The standard InChI is InChI=1S/C23H25N3O3S/c1-17-5-4-6-19(15-17)23(2,3)16-25-22(27)18-7-9-21(10-8-18)30(28,29)26-20-11-13-24-14-12-20/h4-15H,16H2,1-3H3,(H,24,26)(H,25,27). The van der Waals surface area contributed by atoms with Crippen LogP contribution in [0.15, 0.2) is 78.0 Å². The Morgan fingerprint density at radius 2 is 1.67 bits per heavy atom. The van der Waals surface area contributed by atoms with Gasteiger partial charge < -0.3 is 5.32 Å². The smallest absolute Gasteiger partial charge is 0.261 e. The minimum absolute atomic E-state index is 0.0796. The van der Waals surface area contributed by atoms with E-state index in [9.17, 15) is 13.2 Å². The van der Waals surface area contributed by atoms with Crippen LogP contribution in [0, 0.1) is 6.92 Å². The molecule has 3 rings (SSSR count). The first-order chi connectivity index (χ1) is 14.2. The van der Waals surface area contributed by atoms with Crippen molar-refractivity contribution in [1.29, 1.82) is 0 Å². The maximum atomic E-state index is 12.6. The second-order valence-electron chi connectivity index (χ2n) is 7.80. The van der Waals surface area contributed by atoms with Crippen molar-refractivity contribution in [3.05, 3.63) is 89.7 Å². The number of anilines is 1. The predicted molar refractivity (Wildman–Crippen MR) is 118 cm³/mol. The van der Waals surface area contributed by atoms with E-state index in [0.29, 0.717) is 17.8 Å². The number of nitrogens with one attached hydrogen (secondary N) is 2. The number of pyridine rings is 1. The molecule has 0 aliphatic heterocycles. The second kappa shape index (κ2) is 8.67. The molecule has 3 aromatic rings. The number of hydrogen-bond acceptors (Lipinski definition) is 4. The molecular formula is C23H25N3O3S. The third-order valence-electron chi connectivity index (χ3n) is 4.85. The van der Waals surface area contributed by atoms with Gasteiger partial charge in [0.05, 0.1) is 10.6 Å². The Morgan fingerprint density at radius 1 is 1.00 bits per heavy atom. The highest BCUT2D eigenvalue weighted by Gasteiger charge is 2.22. The summed E-state index contributed by atoms with van der Waals surface area (Å²) in [6.07, 6.45) is 3.01. The number of sulfonamides is 1. The van der Waals surface area contributed by atoms with Crippen LogP contribution in [0.3, 0.4) is 0 Å². The van der Waals surface area contributed by atoms with Gasteiger partial charge >= 0.3 is 0 Å². The van der Waals surface area contributed by atoms with Gasteiger partial charge in [0.25, 0.3) is 15.9 Å². The molecule has 7 heteroatoms. The highest BCUT2D eigenvalue weighted by atomic mass is 32.2. The lowest BCUT2D eigenvalue weighted by Crippen LogP contribution is -2.36. The molecule has 1 heterocycles. The average Bonchev–Trinajstić information content (AvgIpc) is 2.72. The normalized spacial score (nSPS) is 11.7. The summed E-state index contributed by atoms with van der Waals surface area (Å²) in [7, 11) is -3.74. The van der Waals surface area contributed by atoms with E-state index in [-0.39, 0.29) is 16.2 Å². The fraction of sp³-hybridized carbons (Fsp3) is 0.217. The first-order valence-electron chi connectivity index (χ1n) is 9.56. The molecular weight excluding hydrogens is 398 g/mol. The van der Waals surface area contributed by atoms with E-state index in [1.165, 1.54) is 42.2 Å². The van der Waals surface area contributed by atoms with Crippen LogP contribution in [0.1, 0.15) is 35.3 Å². The summed E-state index contributed by atoms with van der Waals surface area (Å²) >= 11 is 0. The van der Waals surface area contributed by atoms with Crippen LogP contribution >= 0.6 is 0 Å². The third kappa shape index (κ3) is 5.24. The van der Waals surface area contributed by atoms with Crippen molar-refractivity contribution in [2.45, 2.75) is 31.1 Å². The van der Waals surface area contributed by atoms with Gasteiger partial charge in [-0.05, 0) is 48.9 Å². The number of carbonyl (C=O) groups excluding carboxylic acids is 1. The van der Waals surface area contributed by atoms with Crippen molar-refractivity contribution in [2.24, 2.45) is 0 Å². The van der Waals surface area contributed by atoms with E-state index in [0.717, 1.165) is 5.56 Å². The second-order valence-corrected chi connectivity index (χ2v) is 9.48. The number of hydrogen-bond donors (Lipinski definition) is 2. The molecule has 0 atom stereocenters. The molecule has 0 radical (unpaired) electrons. The zero-order valence-electron chi connectivity index (χ0n) is 17.2. The summed E-state index contributed by atoms with van der Waals surface area (Å²) in [5.74, 6) is -0.248. The summed E-state index contributed by atoms with van der Waals surface area (Å²) in [4.78, 5) is 16.5. The molecule has 1 aromatic heterocycles. The van der Waals surface area contributed by atoms with Crippen LogP contribution < -0.4 is 10.0 Å². The highest BCUT2D eigenvalue weighted by Crippen LogP contribution is 2.23. The van der Waals surface area contributed by atoms with Crippen molar-refractivity contribution in [1.82, 2.24) is 10.3 Å². The van der Waals surface area contributed by atoms with Gasteiger partial charge in [0.15, 0.2) is 0 Å². The number of nitrogens with zero attached hydrogens (tertiary/aromatic N) is 1. The first-order valence-corrected chi connectivity index (χ1v) is 11.0. The van der Waals surface area contributed by atoms with Crippen LogP contribution in [0.4, 0.5) is 5.69 Å². The molecule has 0 fully saturated rings. The lowest BCUT2D eigenvalue weighted by Gasteiger charge is -2.26. The van der Waals surface area contributed by atoms with E-state index in [2.05, 4.69) is 41.0 Å². The summed E-state index contributed by atoms with van der Waals surface area (Å²) in [5, 5.41) is 2.94. The highest BCUT2D eigenvalue weighted by molar-refractivity contribution is 7.92. The molecule has 156 valence electrons. The van der Waals surface area contributed by atoms with Crippen molar-refractivity contribution < 1.29 is 13.2 Å². The Balaban J connectivity index is 1.66. The van der Waals surface area contributed by atoms with Crippen molar-refractivity contribution in [2.75, 3.05) is 11.3 Å². The molecule has 2 N–H and O–H groups in total. The van der Waals surface area contributed by atoms with Crippen molar-refractivity contribution in [3.63, 3.8) is 0 Å². The molecule has 2 aromatic carbocycles. The summed E-state index contributed by atoms with van der Waals surface area (Å²) in [6.45, 7) is 6.64. The molecule has 1 amide bonds. The van der Waals surface area contributed by atoms with Gasteiger partial charge in [0.2, 0.25) is 0 Å². The van der Waals surface area contributed by atoms with Crippen molar-refractivity contribution >= 4 is 21.6 Å². The number of aryl methyl sites for hydroxylation is 1. The monoisotopic (exact) mass is 423 g/mol. The van der Waals surface area contributed by atoms with Gasteiger partial charge in [-0.3, -0.25) is 14.5 Å². The van der Waals surface area contributed by atoms with Gasteiger partial charge in [0.1, 0.15) is 0 Å². The van der Waals surface area contributed by atoms with Gasteiger partial charge in [-0.15, -0.1) is 0 Å². The molecule has 30 heavy (non-hydrogen) atoms. The van der Waals surface area contributed by atoms with Crippen molar-refractivity contribution in [3.8, 4) is 0 Å². The van der Waals surface area contributed by atoms with Gasteiger partial charge in [-0.1, -0.05) is 43.7 Å². The van der Waals surface area contributed by atoms with Gasteiger partial charge in [-0.2, -0.15) is 0 Å². The number of carbonyl (C=O) groups is 1. The fourth-order valence-electron chi connectivity index (χ4n) is 2.99. The Morgan fingerprint density at radius 3 is 2.30 bits per heavy atom. The van der Waals surface area contributed by atoms with E-state index in [4.69, 9.17) is 0 Å². The molecule has 0 spiro atoms. The quantitative estimate of drug-likeness (QED) is 0.603. The Labute approximate surface area is 177 Å². The molecule has 6 nitrogen and oxygen atoms in total. The molecule has 0 saturated heterocycles. The lowest BCUT2D eigenvalue weighted by molar-refractivity contribution is 0.0945. The van der Waals surface area contributed by atoms with E-state index in [1.807, 2.05) is 19.1 Å². The first kappa shape index (κ1) is 21.5. The largest absolute Gasteiger partial charge is 0.351 e. The maximum Gasteiger partial charge on any atom is 0.261 e. The van der Waals surface area contributed by atoms with Crippen LogP contribution in [0.25, 0.3) is 0 Å². The van der Waals surface area contributed by atoms with Gasteiger partial charge in [0, 0.05) is 29.9 Å². The van der Waals surface area contributed by atoms with Crippen LogP contribution in [-0.4, -0.2) is 25.9 Å². The lowest BCUT2D eigenvalue weighted by atomic mass is 9.84. The summed E-state index contributed by atoms with van der Waals surface area (Å²) in [6, 6.07) is 17.2. The topological polar surface area (TPSA) is 88.2 Å². The number of aromatic nitrogens is 1. The maximum absolute atomic E-state index is 12.6. The Bertz CT molecular complexity index is 1130. The summed E-state index contributed by atoms with van der Waals surface area (Å²) in [5.41, 5.74) is 2.90. The van der Waals surface area contributed by atoms with Crippen LogP contribution in [-0.2, 0) is 15.4 Å². The summed E-state index contributed by atoms with van der Waals surface area (Å²) < 4.78 is 27.5. The van der Waals surface area contributed by atoms with E-state index < -0.39 is 10.0 Å². The molecule has 0 aliphatic rings. The minimum atomic E-state index is -3.74. The predicted octanol–water partition coefficient (Wildman–Crippen LogP) is 3.90. The minimum Gasteiger partial charge on any atom is -0.351 e. The molecule has 0 bridgehead atoms.